The van der Waals surface area contributed by atoms with Crippen LogP contribution < -0.4 is 5.32 Å². The lowest BCUT2D eigenvalue weighted by molar-refractivity contribution is -0.146. The zero-order valence-corrected chi connectivity index (χ0v) is 12.8. The van der Waals surface area contributed by atoms with Crippen molar-refractivity contribution in [3.63, 3.8) is 0 Å². The fourth-order valence-corrected chi connectivity index (χ4v) is 3.63. The molecule has 0 aliphatic heterocycles. The van der Waals surface area contributed by atoms with E-state index in [1.165, 1.54) is 0 Å². The number of carboxylic acids is 1. The van der Waals surface area contributed by atoms with Crippen LogP contribution >= 0.6 is 22.6 Å². The van der Waals surface area contributed by atoms with Crippen LogP contribution in [-0.2, 0) is 9.59 Å². The Morgan fingerprint density at radius 2 is 1.70 bits per heavy atom. The number of halogens is 1. The standard InChI is InChI=1S/C15H14INO3/c16-10-3-5-11(6-4-10)17-14(18)12-8-1-2-9(7-8)13(12)15(19)20/h1-6,8-9,12-13H,7H2,(H,17,18)(H,19,20)/t8-,9+,12-,13+/m1/s1. The Kier molecular flexibility index (Phi) is 3.54. The molecule has 1 saturated carbocycles. The molecule has 20 heavy (non-hydrogen) atoms. The molecule has 2 N–H and O–H groups in total. The lowest BCUT2D eigenvalue weighted by Gasteiger charge is -2.23. The zero-order chi connectivity index (χ0) is 14.3. The van der Waals surface area contributed by atoms with Gasteiger partial charge in [0.15, 0.2) is 0 Å². The third-order valence-corrected chi connectivity index (χ3v) is 4.88. The van der Waals surface area contributed by atoms with Crippen LogP contribution in [0.4, 0.5) is 5.69 Å². The van der Waals surface area contributed by atoms with E-state index in [-0.39, 0.29) is 17.7 Å². The van der Waals surface area contributed by atoms with Gasteiger partial charge in [0, 0.05) is 9.26 Å². The van der Waals surface area contributed by atoms with Gasteiger partial charge in [0.25, 0.3) is 0 Å². The molecular weight excluding hydrogens is 369 g/mol. The van der Waals surface area contributed by atoms with Crippen LogP contribution in [0.1, 0.15) is 6.42 Å². The Morgan fingerprint density at radius 3 is 2.30 bits per heavy atom. The van der Waals surface area contributed by atoms with Crippen molar-refractivity contribution < 1.29 is 14.7 Å². The van der Waals surface area contributed by atoms with Crippen LogP contribution in [0.5, 0.6) is 0 Å². The second-order valence-corrected chi connectivity index (χ2v) is 6.58. The van der Waals surface area contributed by atoms with Crippen molar-refractivity contribution in [2.24, 2.45) is 23.7 Å². The molecule has 4 atom stereocenters. The molecule has 0 radical (unpaired) electrons. The van der Waals surface area contributed by atoms with Crippen LogP contribution in [0.3, 0.4) is 0 Å². The summed E-state index contributed by atoms with van der Waals surface area (Å²) in [5.41, 5.74) is 0.714. The van der Waals surface area contributed by atoms with Crippen molar-refractivity contribution in [3.05, 3.63) is 40.0 Å². The summed E-state index contributed by atoms with van der Waals surface area (Å²) < 4.78 is 1.09. The molecule has 0 saturated heterocycles. The van der Waals surface area contributed by atoms with E-state index in [0.717, 1.165) is 9.99 Å². The molecule has 4 nitrogen and oxygen atoms in total. The zero-order valence-electron chi connectivity index (χ0n) is 10.6. The van der Waals surface area contributed by atoms with Crippen LogP contribution in [0, 0.1) is 27.2 Å². The molecule has 1 amide bonds. The SMILES string of the molecule is O=C(O)[C@@H]1[C@H](C(=O)Nc2ccc(I)cc2)[C@@H]2C=C[C@H]1C2. The van der Waals surface area contributed by atoms with Crippen molar-refractivity contribution in [2.75, 3.05) is 5.32 Å². The van der Waals surface area contributed by atoms with Crippen molar-refractivity contribution in [2.45, 2.75) is 6.42 Å². The maximum Gasteiger partial charge on any atom is 0.307 e. The summed E-state index contributed by atoms with van der Waals surface area (Å²) in [4.78, 5) is 23.8. The van der Waals surface area contributed by atoms with Crippen molar-refractivity contribution in [1.82, 2.24) is 0 Å². The van der Waals surface area contributed by atoms with E-state index in [2.05, 4.69) is 27.9 Å². The third kappa shape index (κ3) is 2.34. The van der Waals surface area contributed by atoms with Crippen LogP contribution in [-0.4, -0.2) is 17.0 Å². The number of amides is 1. The van der Waals surface area contributed by atoms with E-state index >= 15 is 0 Å². The minimum absolute atomic E-state index is 0.00460. The van der Waals surface area contributed by atoms with E-state index in [1.54, 1.807) is 0 Å². The molecule has 1 aromatic carbocycles. The summed E-state index contributed by atoms with van der Waals surface area (Å²) in [5, 5.41) is 12.2. The van der Waals surface area contributed by atoms with Gasteiger partial charge in [-0.15, -0.1) is 0 Å². The van der Waals surface area contributed by atoms with Crippen LogP contribution in [0.2, 0.25) is 0 Å². The molecule has 1 fully saturated rings. The summed E-state index contributed by atoms with van der Waals surface area (Å²) in [7, 11) is 0. The van der Waals surface area contributed by atoms with Crippen molar-refractivity contribution >= 4 is 40.2 Å². The average Bonchev–Trinajstić information content (AvgIpc) is 3.01. The number of hydrogen-bond donors (Lipinski definition) is 2. The predicted octanol–water partition coefficient (Wildman–Crippen LogP) is 2.75. The van der Waals surface area contributed by atoms with Gasteiger partial charge in [0.1, 0.15) is 0 Å². The maximum atomic E-state index is 12.4. The smallest absolute Gasteiger partial charge is 0.307 e. The van der Waals surface area contributed by atoms with Gasteiger partial charge in [-0.2, -0.15) is 0 Å². The van der Waals surface area contributed by atoms with Gasteiger partial charge in [-0.25, -0.2) is 0 Å². The van der Waals surface area contributed by atoms with E-state index in [0.29, 0.717) is 5.69 Å². The number of rotatable bonds is 3. The first kappa shape index (κ1) is 13.6. The van der Waals surface area contributed by atoms with E-state index in [9.17, 15) is 14.7 Å². The third-order valence-electron chi connectivity index (χ3n) is 4.16. The molecule has 2 aliphatic carbocycles. The minimum atomic E-state index is -0.871. The Balaban J connectivity index is 1.78. The number of hydrogen-bond acceptors (Lipinski definition) is 2. The molecule has 0 aromatic heterocycles. The van der Waals surface area contributed by atoms with Crippen LogP contribution in [0.15, 0.2) is 36.4 Å². The van der Waals surface area contributed by atoms with Gasteiger partial charge in [0.2, 0.25) is 5.91 Å². The first-order valence-corrected chi connectivity index (χ1v) is 7.61. The second-order valence-electron chi connectivity index (χ2n) is 5.33. The van der Waals surface area contributed by atoms with Gasteiger partial charge in [-0.3, -0.25) is 9.59 Å². The average molecular weight is 383 g/mol. The number of benzene rings is 1. The monoisotopic (exact) mass is 383 g/mol. The number of aliphatic carboxylic acids is 1. The Morgan fingerprint density at radius 1 is 1.10 bits per heavy atom. The highest BCUT2D eigenvalue weighted by molar-refractivity contribution is 14.1. The largest absolute Gasteiger partial charge is 0.481 e. The van der Waals surface area contributed by atoms with Gasteiger partial charge < -0.3 is 10.4 Å². The molecular formula is C15H14INO3. The summed E-state index contributed by atoms with van der Waals surface area (Å²) in [6, 6.07) is 7.48. The van der Waals surface area contributed by atoms with Gasteiger partial charge in [-0.05, 0) is 65.1 Å². The number of anilines is 1. The first-order valence-electron chi connectivity index (χ1n) is 6.54. The Labute approximate surface area is 130 Å². The summed E-state index contributed by atoms with van der Waals surface area (Å²) in [6.07, 6.45) is 4.71. The molecule has 104 valence electrons. The van der Waals surface area contributed by atoms with Crippen LogP contribution in [0.25, 0.3) is 0 Å². The topological polar surface area (TPSA) is 66.4 Å². The number of allylic oxidation sites excluding steroid dienone is 2. The Hall–Kier alpha value is -1.37. The minimum Gasteiger partial charge on any atom is -0.481 e. The number of nitrogens with one attached hydrogen (secondary N) is 1. The fourth-order valence-electron chi connectivity index (χ4n) is 3.28. The number of carbonyl (C=O) groups is 2. The molecule has 0 unspecified atom stereocenters. The lowest BCUT2D eigenvalue weighted by Crippen LogP contribution is -2.36. The number of fused-ring (bicyclic) bond motifs is 2. The number of carboxylic acid groups (broad SMARTS) is 1. The van der Waals surface area contributed by atoms with Crippen molar-refractivity contribution in [3.8, 4) is 0 Å². The lowest BCUT2D eigenvalue weighted by atomic mass is 9.82. The fraction of sp³-hybridized carbons (Fsp3) is 0.333. The number of carbonyl (C=O) groups excluding carboxylic acids is 1. The molecule has 0 spiro atoms. The highest BCUT2D eigenvalue weighted by atomic mass is 127. The summed E-state index contributed by atoms with van der Waals surface area (Å²) >= 11 is 2.20. The van der Waals surface area contributed by atoms with Gasteiger partial charge in [0.05, 0.1) is 11.8 Å². The maximum absolute atomic E-state index is 12.4. The molecule has 2 bridgehead atoms. The molecule has 3 rings (SSSR count). The van der Waals surface area contributed by atoms with E-state index in [4.69, 9.17) is 0 Å². The van der Waals surface area contributed by atoms with Crippen molar-refractivity contribution in [1.29, 1.82) is 0 Å². The molecule has 5 heteroatoms. The second kappa shape index (κ2) is 5.20. The highest BCUT2D eigenvalue weighted by Gasteiger charge is 2.51. The molecule has 0 heterocycles. The normalized spacial score (nSPS) is 30.4. The van der Waals surface area contributed by atoms with E-state index in [1.807, 2.05) is 36.4 Å². The quantitative estimate of drug-likeness (QED) is 0.623. The first-order chi connectivity index (χ1) is 9.56. The molecule has 1 aromatic rings. The highest BCUT2D eigenvalue weighted by Crippen LogP contribution is 2.48. The predicted molar refractivity (Wildman–Crippen MR) is 83.1 cm³/mol. The van der Waals surface area contributed by atoms with Gasteiger partial charge >= 0.3 is 5.97 Å². The molecule has 2 aliphatic rings. The van der Waals surface area contributed by atoms with E-state index < -0.39 is 17.8 Å². The summed E-state index contributed by atoms with van der Waals surface area (Å²) in [5.74, 6) is -2.04. The Bertz CT molecular complexity index is 581. The van der Waals surface area contributed by atoms with Gasteiger partial charge in [-0.1, -0.05) is 12.2 Å². The summed E-state index contributed by atoms with van der Waals surface area (Å²) in [6.45, 7) is 0.